The van der Waals surface area contributed by atoms with Crippen molar-refractivity contribution >= 4 is 34.3 Å². The Morgan fingerprint density at radius 1 is 0.974 bits per heavy atom. The molecule has 0 spiro atoms. The zero-order valence-corrected chi connectivity index (χ0v) is 22.1. The molecule has 2 saturated carbocycles. The van der Waals surface area contributed by atoms with E-state index in [0.717, 1.165) is 11.8 Å². The highest BCUT2D eigenvalue weighted by Gasteiger charge is 2.65. The van der Waals surface area contributed by atoms with E-state index in [4.69, 9.17) is 14.2 Å². The van der Waals surface area contributed by atoms with Crippen LogP contribution in [0.4, 0.5) is 5.69 Å². The van der Waals surface area contributed by atoms with E-state index in [-0.39, 0.29) is 29.2 Å². The molecule has 1 saturated heterocycles. The molecule has 3 fully saturated rings. The number of carbonyl (C=O) groups excluding carboxylic acids is 3. The zero-order chi connectivity index (χ0) is 27.4. The Hall–Kier alpha value is -4.34. The number of fused-ring (bicyclic) bond motifs is 2. The summed E-state index contributed by atoms with van der Waals surface area (Å²) in [5, 5.41) is 6.77. The van der Waals surface area contributed by atoms with Crippen molar-refractivity contribution in [3.05, 3.63) is 48.7 Å². The predicted octanol–water partition coefficient (Wildman–Crippen LogP) is 3.50. The summed E-state index contributed by atoms with van der Waals surface area (Å²) in [6.45, 7) is 2.73. The first-order chi connectivity index (χ1) is 18.8. The highest BCUT2D eigenvalue weighted by atomic mass is 16.5. The van der Waals surface area contributed by atoms with Crippen molar-refractivity contribution in [3.8, 4) is 23.0 Å². The Morgan fingerprint density at radius 2 is 1.69 bits per heavy atom. The van der Waals surface area contributed by atoms with Gasteiger partial charge in [0.1, 0.15) is 16.9 Å². The zero-order valence-electron chi connectivity index (χ0n) is 22.1. The first kappa shape index (κ1) is 25.0. The number of likely N-dealkylation sites (tertiary alicyclic amines) is 1. The number of amides is 3. The van der Waals surface area contributed by atoms with E-state index in [1.54, 1.807) is 68.6 Å². The fourth-order valence-electron chi connectivity index (χ4n) is 5.47. The van der Waals surface area contributed by atoms with Crippen LogP contribution in [0.2, 0.25) is 0 Å². The molecule has 2 heterocycles. The molecule has 2 aliphatic carbocycles. The largest absolute Gasteiger partial charge is 0.493 e. The third-order valence-electron chi connectivity index (χ3n) is 8.12. The summed E-state index contributed by atoms with van der Waals surface area (Å²) in [7, 11) is 3.14. The second kappa shape index (κ2) is 9.14. The number of carbonyl (C=O) groups is 3. The lowest BCUT2D eigenvalue weighted by Crippen LogP contribution is -2.49. The summed E-state index contributed by atoms with van der Waals surface area (Å²) in [5.41, 5.74) is -0.157. The summed E-state index contributed by atoms with van der Waals surface area (Å²) in [4.78, 5) is 44.2. The molecule has 1 aliphatic heterocycles. The predicted molar refractivity (Wildman–Crippen MR) is 143 cm³/mol. The van der Waals surface area contributed by atoms with E-state index < -0.39 is 5.41 Å². The number of piperidine rings is 1. The van der Waals surface area contributed by atoms with Crippen molar-refractivity contribution in [1.29, 1.82) is 0 Å². The van der Waals surface area contributed by atoms with Gasteiger partial charge in [-0.3, -0.25) is 19.4 Å². The van der Waals surface area contributed by atoms with E-state index in [1.807, 2.05) is 6.07 Å². The fourth-order valence-corrected chi connectivity index (χ4v) is 5.47. The van der Waals surface area contributed by atoms with Gasteiger partial charge in [0.25, 0.3) is 0 Å². The van der Waals surface area contributed by atoms with Crippen molar-refractivity contribution in [3.63, 3.8) is 0 Å². The Bertz CT molecular complexity index is 1490. The number of aromatic nitrogens is 1. The van der Waals surface area contributed by atoms with Gasteiger partial charge in [-0.1, -0.05) is 0 Å². The number of ether oxygens (including phenoxy) is 3. The fraction of sp³-hybridized carbons (Fsp3) is 0.379. The maximum atomic E-state index is 13.2. The van der Waals surface area contributed by atoms with E-state index in [0.29, 0.717) is 60.1 Å². The molecule has 0 radical (unpaired) electrons. The van der Waals surface area contributed by atoms with Crippen LogP contribution in [-0.2, 0) is 14.4 Å². The van der Waals surface area contributed by atoms with Gasteiger partial charge in [0, 0.05) is 49.3 Å². The summed E-state index contributed by atoms with van der Waals surface area (Å²) in [6, 6.07) is 12.4. The lowest BCUT2D eigenvalue weighted by atomic mass is 10.0. The maximum absolute atomic E-state index is 13.2. The number of nitrogens with zero attached hydrogens (tertiary/aromatic N) is 2. The van der Waals surface area contributed by atoms with Gasteiger partial charge in [-0.05, 0) is 55.7 Å². The first-order valence-corrected chi connectivity index (χ1v) is 13.0. The number of rotatable bonds is 8. The summed E-state index contributed by atoms with van der Waals surface area (Å²) >= 11 is 0. The van der Waals surface area contributed by atoms with Gasteiger partial charge in [0.2, 0.25) is 17.7 Å². The van der Waals surface area contributed by atoms with Crippen LogP contribution in [0.15, 0.2) is 48.7 Å². The smallest absolute Gasteiger partial charge is 0.240 e. The number of benzene rings is 2. The molecule has 3 aliphatic rings. The van der Waals surface area contributed by atoms with Crippen molar-refractivity contribution in [2.75, 3.05) is 32.6 Å². The average molecular weight is 531 g/mol. The minimum Gasteiger partial charge on any atom is -0.493 e. The van der Waals surface area contributed by atoms with Crippen molar-refractivity contribution in [2.45, 2.75) is 31.7 Å². The van der Waals surface area contributed by atoms with E-state index in [2.05, 4.69) is 15.6 Å². The van der Waals surface area contributed by atoms with E-state index in [1.165, 1.54) is 0 Å². The van der Waals surface area contributed by atoms with Crippen LogP contribution in [0.1, 0.15) is 26.2 Å². The van der Waals surface area contributed by atoms with Gasteiger partial charge in [-0.25, -0.2) is 0 Å². The van der Waals surface area contributed by atoms with Crippen LogP contribution < -0.4 is 24.8 Å². The normalized spacial score (nSPS) is 22.0. The minimum atomic E-state index is -1.06. The molecule has 10 nitrogen and oxygen atoms in total. The number of anilines is 1. The lowest BCUT2D eigenvalue weighted by Gasteiger charge is -2.23. The molecule has 0 bridgehead atoms. The van der Waals surface area contributed by atoms with Crippen molar-refractivity contribution < 1.29 is 28.6 Å². The molecular formula is C29H30N4O6. The van der Waals surface area contributed by atoms with E-state index >= 15 is 0 Å². The standard InChI is InChI=1S/C29H30N4O6/c1-17(34)33-15-18-14-29(18,16-33)32-27(36)28(9-10-28)26(35)31-19-4-6-20(7-5-19)39-23-8-11-30-22-13-25(38-3)24(37-2)12-21(22)23/h4-8,11-13,18H,9-10,14-16H2,1-3H3,(H,31,35)(H,32,36). The van der Waals surface area contributed by atoms with Crippen LogP contribution in [-0.4, -0.2) is 60.5 Å². The monoisotopic (exact) mass is 530 g/mol. The summed E-state index contributed by atoms with van der Waals surface area (Å²) < 4.78 is 16.9. The van der Waals surface area contributed by atoms with Gasteiger partial charge >= 0.3 is 0 Å². The van der Waals surface area contributed by atoms with Gasteiger partial charge in [0.15, 0.2) is 11.5 Å². The third-order valence-corrected chi connectivity index (χ3v) is 8.12. The molecule has 2 aromatic carbocycles. The highest BCUT2D eigenvalue weighted by molar-refractivity contribution is 6.13. The van der Waals surface area contributed by atoms with Crippen LogP contribution in [0.3, 0.4) is 0 Å². The second-order valence-electron chi connectivity index (χ2n) is 10.6. The number of hydrogen-bond acceptors (Lipinski definition) is 7. The Kier molecular flexibility index (Phi) is 5.85. The van der Waals surface area contributed by atoms with Crippen LogP contribution in [0, 0.1) is 11.3 Å². The van der Waals surface area contributed by atoms with Crippen molar-refractivity contribution in [1.82, 2.24) is 15.2 Å². The number of nitrogens with one attached hydrogen (secondary N) is 2. The van der Waals surface area contributed by atoms with E-state index in [9.17, 15) is 14.4 Å². The average Bonchev–Trinajstić information content (AvgIpc) is 3.84. The SMILES string of the molecule is COc1cc2nccc(Oc3ccc(NC(=O)C4(C(=O)NC56CC5CN(C(C)=O)C6)CC4)cc3)c2cc1OC. The topological polar surface area (TPSA) is 119 Å². The summed E-state index contributed by atoms with van der Waals surface area (Å²) in [6.07, 6.45) is 3.53. The molecule has 10 heteroatoms. The van der Waals surface area contributed by atoms with Gasteiger partial charge in [-0.15, -0.1) is 0 Å². The first-order valence-electron chi connectivity index (χ1n) is 13.0. The van der Waals surface area contributed by atoms with Crippen molar-refractivity contribution in [2.24, 2.45) is 11.3 Å². The molecule has 3 amide bonds. The maximum Gasteiger partial charge on any atom is 0.240 e. The highest BCUT2D eigenvalue weighted by Crippen LogP contribution is 2.53. The molecule has 1 aromatic heterocycles. The molecule has 3 aromatic rings. The van der Waals surface area contributed by atoms with Gasteiger partial charge in [0.05, 0.1) is 25.3 Å². The molecule has 6 rings (SSSR count). The summed E-state index contributed by atoms with van der Waals surface area (Å²) in [5.74, 6) is 2.05. The second-order valence-corrected chi connectivity index (χ2v) is 10.6. The molecule has 2 atom stereocenters. The lowest BCUT2D eigenvalue weighted by molar-refractivity contribution is -0.135. The van der Waals surface area contributed by atoms with Gasteiger partial charge in [-0.2, -0.15) is 0 Å². The van der Waals surface area contributed by atoms with Crippen LogP contribution >= 0.6 is 0 Å². The van der Waals surface area contributed by atoms with Crippen LogP contribution in [0.5, 0.6) is 23.0 Å². The van der Waals surface area contributed by atoms with Gasteiger partial charge < -0.3 is 29.7 Å². The quantitative estimate of drug-likeness (QED) is 0.428. The third kappa shape index (κ3) is 4.39. The number of hydrogen-bond donors (Lipinski definition) is 2. The number of methoxy groups -OCH3 is 2. The molecule has 39 heavy (non-hydrogen) atoms. The Morgan fingerprint density at radius 3 is 2.33 bits per heavy atom. The Labute approximate surface area is 225 Å². The minimum absolute atomic E-state index is 0.0132. The van der Waals surface area contributed by atoms with Crippen LogP contribution in [0.25, 0.3) is 10.9 Å². The molecular weight excluding hydrogens is 500 g/mol. The molecule has 202 valence electrons. The Balaban J connectivity index is 1.11. The number of pyridine rings is 1. The molecule has 2 N–H and O–H groups in total. The molecule has 2 unspecified atom stereocenters.